The van der Waals surface area contributed by atoms with E-state index in [1.54, 1.807) is 7.11 Å². The van der Waals surface area contributed by atoms with Crippen LogP contribution < -0.4 is 9.47 Å². The average molecular weight is 423 g/mol. The van der Waals surface area contributed by atoms with Crippen LogP contribution in [-0.2, 0) is 12.8 Å². The molecule has 4 aromatic rings. The molecule has 8 nitrogen and oxygen atoms in total. The highest BCUT2D eigenvalue weighted by atomic mass is 32.2. The lowest BCUT2D eigenvalue weighted by Gasteiger charge is -2.06. The molecule has 0 saturated heterocycles. The summed E-state index contributed by atoms with van der Waals surface area (Å²) in [5.41, 5.74) is 1.74. The van der Waals surface area contributed by atoms with Gasteiger partial charge in [-0.25, -0.2) is 0 Å². The molecule has 9 heteroatoms. The summed E-state index contributed by atoms with van der Waals surface area (Å²) in [6, 6.07) is 15.4. The molecule has 0 bridgehead atoms. The molecule has 0 N–H and O–H groups in total. The summed E-state index contributed by atoms with van der Waals surface area (Å²) in [5, 5.41) is 13.5. The maximum Gasteiger partial charge on any atom is 0.237 e. The van der Waals surface area contributed by atoms with E-state index in [9.17, 15) is 0 Å². The number of benzene rings is 2. The van der Waals surface area contributed by atoms with Gasteiger partial charge in [-0.2, -0.15) is 4.98 Å². The van der Waals surface area contributed by atoms with Gasteiger partial charge in [-0.15, -0.1) is 10.2 Å². The standard InChI is InChI=1S/C21H21N5O3S/c1-4-28-17-11-6-5-10-16(17)19-22-18(29-25-19)13-30-21-24-23-20(26(21)2)14-8-7-9-15(12-14)27-3/h5-12H,4,13H2,1-3H3. The molecule has 0 unspecified atom stereocenters. The van der Waals surface area contributed by atoms with E-state index in [1.165, 1.54) is 11.8 Å². The Morgan fingerprint density at radius 1 is 1.10 bits per heavy atom. The van der Waals surface area contributed by atoms with Crippen molar-refractivity contribution in [2.45, 2.75) is 17.8 Å². The summed E-state index contributed by atoms with van der Waals surface area (Å²) < 4.78 is 18.3. The second kappa shape index (κ2) is 9.00. The normalized spacial score (nSPS) is 10.9. The van der Waals surface area contributed by atoms with Crippen LogP contribution in [0.4, 0.5) is 0 Å². The Kier molecular flexibility index (Phi) is 5.99. The second-order valence-electron chi connectivity index (χ2n) is 6.33. The highest BCUT2D eigenvalue weighted by Gasteiger charge is 2.16. The van der Waals surface area contributed by atoms with E-state index in [-0.39, 0.29) is 0 Å². The van der Waals surface area contributed by atoms with Crippen molar-refractivity contribution < 1.29 is 14.0 Å². The van der Waals surface area contributed by atoms with Gasteiger partial charge in [0.1, 0.15) is 11.5 Å². The lowest BCUT2D eigenvalue weighted by atomic mass is 10.2. The smallest absolute Gasteiger partial charge is 0.237 e. The minimum Gasteiger partial charge on any atom is -0.497 e. The predicted molar refractivity (Wildman–Crippen MR) is 113 cm³/mol. The first-order valence-corrected chi connectivity index (χ1v) is 10.4. The third-order valence-electron chi connectivity index (χ3n) is 4.38. The van der Waals surface area contributed by atoms with Crippen molar-refractivity contribution >= 4 is 11.8 Å². The number of rotatable bonds is 8. The molecule has 2 aromatic heterocycles. The molecule has 30 heavy (non-hydrogen) atoms. The number of methoxy groups -OCH3 is 1. The average Bonchev–Trinajstić information content (AvgIpc) is 3.39. The Balaban J connectivity index is 1.48. The monoisotopic (exact) mass is 423 g/mol. The fourth-order valence-corrected chi connectivity index (χ4v) is 3.68. The zero-order valence-corrected chi connectivity index (χ0v) is 17.7. The Bertz CT molecular complexity index is 1140. The van der Waals surface area contributed by atoms with Gasteiger partial charge in [-0.1, -0.05) is 41.2 Å². The van der Waals surface area contributed by atoms with Gasteiger partial charge in [0.25, 0.3) is 0 Å². The predicted octanol–water partition coefficient (Wildman–Crippen LogP) is 4.23. The Morgan fingerprint density at radius 2 is 1.97 bits per heavy atom. The molecule has 0 aliphatic heterocycles. The van der Waals surface area contributed by atoms with Gasteiger partial charge in [0, 0.05) is 12.6 Å². The van der Waals surface area contributed by atoms with Crippen molar-refractivity contribution in [1.29, 1.82) is 0 Å². The van der Waals surface area contributed by atoms with Crippen LogP contribution in [0.15, 0.2) is 58.2 Å². The van der Waals surface area contributed by atoms with E-state index in [4.69, 9.17) is 14.0 Å². The summed E-state index contributed by atoms with van der Waals surface area (Å²) in [4.78, 5) is 4.50. The van der Waals surface area contributed by atoms with Gasteiger partial charge >= 0.3 is 0 Å². The highest BCUT2D eigenvalue weighted by molar-refractivity contribution is 7.98. The summed E-state index contributed by atoms with van der Waals surface area (Å²) in [6.45, 7) is 2.51. The number of aromatic nitrogens is 5. The van der Waals surface area contributed by atoms with E-state index >= 15 is 0 Å². The van der Waals surface area contributed by atoms with Crippen molar-refractivity contribution in [3.8, 4) is 34.3 Å². The third kappa shape index (κ3) is 4.16. The Morgan fingerprint density at radius 3 is 2.80 bits per heavy atom. The molecular weight excluding hydrogens is 402 g/mol. The van der Waals surface area contributed by atoms with Crippen molar-refractivity contribution in [3.05, 3.63) is 54.4 Å². The number of hydrogen-bond acceptors (Lipinski definition) is 8. The van der Waals surface area contributed by atoms with E-state index < -0.39 is 0 Å². The van der Waals surface area contributed by atoms with Gasteiger partial charge in [-0.3, -0.25) is 0 Å². The van der Waals surface area contributed by atoms with Crippen molar-refractivity contribution in [2.75, 3.05) is 13.7 Å². The lowest BCUT2D eigenvalue weighted by Crippen LogP contribution is -1.96. The maximum atomic E-state index is 5.65. The zero-order valence-electron chi connectivity index (χ0n) is 16.9. The summed E-state index contributed by atoms with van der Waals surface area (Å²) >= 11 is 1.48. The van der Waals surface area contributed by atoms with Crippen LogP contribution in [0.3, 0.4) is 0 Å². The molecule has 0 saturated carbocycles. The fourth-order valence-electron chi connectivity index (χ4n) is 2.94. The van der Waals surface area contributed by atoms with E-state index in [0.29, 0.717) is 24.1 Å². The first-order chi connectivity index (χ1) is 14.7. The Labute approximate surface area is 178 Å². The summed E-state index contributed by atoms with van der Waals surface area (Å²) in [7, 11) is 3.57. The van der Waals surface area contributed by atoms with E-state index in [2.05, 4.69) is 20.3 Å². The molecule has 0 spiro atoms. The number of hydrogen-bond donors (Lipinski definition) is 0. The number of para-hydroxylation sites is 1. The molecule has 0 atom stereocenters. The van der Waals surface area contributed by atoms with Crippen molar-refractivity contribution in [3.63, 3.8) is 0 Å². The van der Waals surface area contributed by atoms with Crippen LogP contribution in [0, 0.1) is 0 Å². The minimum atomic E-state index is 0.480. The van der Waals surface area contributed by atoms with Gasteiger partial charge < -0.3 is 18.6 Å². The van der Waals surface area contributed by atoms with Crippen LogP contribution >= 0.6 is 11.8 Å². The van der Waals surface area contributed by atoms with E-state index in [1.807, 2.05) is 67.1 Å². The van der Waals surface area contributed by atoms with Crippen LogP contribution in [0.2, 0.25) is 0 Å². The van der Waals surface area contributed by atoms with Gasteiger partial charge in [0.2, 0.25) is 11.7 Å². The fraction of sp³-hybridized carbons (Fsp3) is 0.238. The summed E-state index contributed by atoms with van der Waals surface area (Å²) in [5.74, 6) is 3.75. The number of ether oxygens (including phenoxy) is 2. The first kappa shape index (κ1) is 20.0. The van der Waals surface area contributed by atoms with Crippen molar-refractivity contribution in [1.82, 2.24) is 24.9 Å². The Hall–Kier alpha value is -3.33. The molecule has 0 fully saturated rings. The molecule has 0 aliphatic carbocycles. The number of thioether (sulfide) groups is 1. The molecule has 0 radical (unpaired) electrons. The SMILES string of the molecule is CCOc1ccccc1-c1noc(CSc2nnc(-c3cccc(OC)c3)n2C)n1. The van der Waals surface area contributed by atoms with Crippen LogP contribution in [-0.4, -0.2) is 38.6 Å². The molecular formula is C21H21N5O3S. The topological polar surface area (TPSA) is 88.1 Å². The molecule has 0 aliphatic rings. The molecule has 2 heterocycles. The largest absolute Gasteiger partial charge is 0.497 e. The minimum absolute atomic E-state index is 0.480. The van der Waals surface area contributed by atoms with Crippen LogP contribution in [0.5, 0.6) is 11.5 Å². The quantitative estimate of drug-likeness (QED) is 0.389. The molecule has 2 aromatic carbocycles. The van der Waals surface area contributed by atoms with Crippen LogP contribution in [0.25, 0.3) is 22.8 Å². The molecule has 4 rings (SSSR count). The molecule has 154 valence electrons. The molecule has 0 amide bonds. The summed E-state index contributed by atoms with van der Waals surface area (Å²) in [6.07, 6.45) is 0. The second-order valence-corrected chi connectivity index (χ2v) is 7.27. The maximum absolute atomic E-state index is 5.65. The zero-order chi connectivity index (χ0) is 20.9. The van der Waals surface area contributed by atoms with Crippen molar-refractivity contribution in [2.24, 2.45) is 7.05 Å². The van der Waals surface area contributed by atoms with Gasteiger partial charge in [0.15, 0.2) is 11.0 Å². The first-order valence-electron chi connectivity index (χ1n) is 9.41. The highest BCUT2D eigenvalue weighted by Crippen LogP contribution is 2.30. The van der Waals surface area contributed by atoms with Crippen LogP contribution in [0.1, 0.15) is 12.8 Å². The number of nitrogens with zero attached hydrogens (tertiary/aromatic N) is 5. The van der Waals surface area contributed by atoms with Gasteiger partial charge in [0.05, 0.1) is 25.0 Å². The van der Waals surface area contributed by atoms with Gasteiger partial charge in [-0.05, 0) is 31.2 Å². The third-order valence-corrected chi connectivity index (χ3v) is 5.39. The lowest BCUT2D eigenvalue weighted by molar-refractivity contribution is 0.341. The van der Waals surface area contributed by atoms with E-state index in [0.717, 1.165) is 33.6 Å².